The molecule has 3 rings (SSSR count). The summed E-state index contributed by atoms with van der Waals surface area (Å²) in [6.07, 6.45) is -1.89. The second kappa shape index (κ2) is 9.21. The summed E-state index contributed by atoms with van der Waals surface area (Å²) in [7, 11) is 0. The van der Waals surface area contributed by atoms with E-state index in [0.717, 1.165) is 17.8 Å². The summed E-state index contributed by atoms with van der Waals surface area (Å²) >= 11 is 0. The van der Waals surface area contributed by atoms with Crippen molar-refractivity contribution in [3.63, 3.8) is 0 Å². The van der Waals surface area contributed by atoms with E-state index < -0.39 is 17.6 Å². The molecule has 7 nitrogen and oxygen atoms in total. The van der Waals surface area contributed by atoms with Crippen LogP contribution in [-0.2, 0) is 12.6 Å². The van der Waals surface area contributed by atoms with Crippen molar-refractivity contribution in [3.8, 4) is 5.82 Å². The van der Waals surface area contributed by atoms with Crippen LogP contribution in [0.3, 0.4) is 0 Å². The minimum Gasteiger partial charge on any atom is -0.366 e. The second-order valence-electron chi connectivity index (χ2n) is 7.48. The highest BCUT2D eigenvalue weighted by molar-refractivity contribution is 5.95. The van der Waals surface area contributed by atoms with Gasteiger partial charge in [0.15, 0.2) is 5.82 Å². The predicted molar refractivity (Wildman–Crippen MR) is 111 cm³/mol. The number of primary amides is 1. The molecule has 0 fully saturated rings. The van der Waals surface area contributed by atoms with Gasteiger partial charge in [0.25, 0.3) is 5.91 Å². The third-order valence-corrected chi connectivity index (χ3v) is 4.80. The van der Waals surface area contributed by atoms with Crippen molar-refractivity contribution in [1.29, 1.82) is 0 Å². The smallest absolute Gasteiger partial charge is 0.366 e. The van der Waals surface area contributed by atoms with E-state index in [1.54, 1.807) is 18.2 Å². The van der Waals surface area contributed by atoms with E-state index in [0.29, 0.717) is 29.8 Å². The number of carbonyl (C=O) groups excluding carboxylic acids is 2. The highest BCUT2D eigenvalue weighted by Crippen LogP contribution is 2.29. The Bertz CT molecular complexity index is 1120. The molecule has 1 aromatic carbocycles. The van der Waals surface area contributed by atoms with Crippen LogP contribution in [0.15, 0.2) is 48.8 Å². The summed E-state index contributed by atoms with van der Waals surface area (Å²) < 4.78 is 39.8. The van der Waals surface area contributed by atoms with Crippen LogP contribution in [0.25, 0.3) is 5.82 Å². The number of carbonyl (C=O) groups is 2. The molecule has 2 amide bonds. The maximum absolute atomic E-state index is 12.8. The van der Waals surface area contributed by atoms with Crippen LogP contribution in [0, 0.1) is 0 Å². The lowest BCUT2D eigenvalue weighted by Crippen LogP contribution is -2.27. The lowest BCUT2D eigenvalue weighted by Gasteiger charge is -2.13. The standard InChI is InChI=1S/C22H22F3N5O2/c1-13(2)19-17(12-29-30(19)18-7-6-16(11-28-18)22(23,24)25)21(32)27-9-8-14-4-3-5-15(10-14)20(26)31/h3-7,10-13H,8-9H2,1-2H3,(H2,26,31)(H,27,32). The summed E-state index contributed by atoms with van der Waals surface area (Å²) in [6, 6.07) is 8.97. The van der Waals surface area contributed by atoms with Crippen molar-refractivity contribution in [2.75, 3.05) is 6.54 Å². The second-order valence-corrected chi connectivity index (χ2v) is 7.48. The molecule has 3 aromatic rings. The summed E-state index contributed by atoms with van der Waals surface area (Å²) in [5, 5.41) is 6.99. The highest BCUT2D eigenvalue weighted by atomic mass is 19.4. The molecule has 0 unspecified atom stereocenters. The fraction of sp³-hybridized carbons (Fsp3) is 0.273. The van der Waals surface area contributed by atoms with E-state index in [-0.39, 0.29) is 17.6 Å². The number of halogens is 3. The van der Waals surface area contributed by atoms with Gasteiger partial charge in [0.1, 0.15) is 0 Å². The fourth-order valence-corrected chi connectivity index (χ4v) is 3.25. The van der Waals surface area contributed by atoms with Crippen LogP contribution < -0.4 is 11.1 Å². The first kappa shape index (κ1) is 23.0. The maximum Gasteiger partial charge on any atom is 0.417 e. The first-order chi connectivity index (χ1) is 15.1. The lowest BCUT2D eigenvalue weighted by atomic mass is 10.0. The van der Waals surface area contributed by atoms with Gasteiger partial charge in [-0.1, -0.05) is 26.0 Å². The minimum absolute atomic E-state index is 0.144. The number of nitrogens with zero attached hydrogens (tertiary/aromatic N) is 3. The quantitative estimate of drug-likeness (QED) is 0.581. The number of hydrogen-bond acceptors (Lipinski definition) is 4. The number of rotatable bonds is 7. The summed E-state index contributed by atoms with van der Waals surface area (Å²) in [5.41, 5.74) is 6.50. The summed E-state index contributed by atoms with van der Waals surface area (Å²) in [4.78, 5) is 27.9. The van der Waals surface area contributed by atoms with E-state index >= 15 is 0 Å². The fourth-order valence-electron chi connectivity index (χ4n) is 3.25. The number of pyridine rings is 1. The van der Waals surface area contributed by atoms with Gasteiger partial charge in [0.05, 0.1) is 23.0 Å². The van der Waals surface area contributed by atoms with Gasteiger partial charge in [-0.2, -0.15) is 18.3 Å². The molecule has 3 N–H and O–H groups in total. The minimum atomic E-state index is -4.49. The molecule has 2 heterocycles. The van der Waals surface area contributed by atoms with Crippen LogP contribution >= 0.6 is 0 Å². The molecular formula is C22H22F3N5O2. The molecule has 0 saturated heterocycles. The maximum atomic E-state index is 12.8. The zero-order valence-corrected chi connectivity index (χ0v) is 17.5. The molecule has 0 spiro atoms. The van der Waals surface area contributed by atoms with Gasteiger partial charge in [-0.05, 0) is 42.2 Å². The number of benzene rings is 1. The Kier molecular flexibility index (Phi) is 6.61. The number of nitrogens with one attached hydrogen (secondary N) is 1. The van der Waals surface area contributed by atoms with E-state index in [1.807, 2.05) is 19.9 Å². The molecule has 168 valence electrons. The average molecular weight is 445 g/mol. The van der Waals surface area contributed by atoms with Gasteiger partial charge in [-0.3, -0.25) is 9.59 Å². The van der Waals surface area contributed by atoms with Crippen molar-refractivity contribution in [2.24, 2.45) is 5.73 Å². The molecule has 0 aliphatic carbocycles. The zero-order valence-electron chi connectivity index (χ0n) is 17.5. The number of alkyl halides is 3. The first-order valence-corrected chi connectivity index (χ1v) is 9.86. The van der Waals surface area contributed by atoms with Gasteiger partial charge >= 0.3 is 6.18 Å². The monoisotopic (exact) mass is 445 g/mol. The van der Waals surface area contributed by atoms with Gasteiger partial charge < -0.3 is 11.1 Å². The van der Waals surface area contributed by atoms with E-state index in [2.05, 4.69) is 15.4 Å². The van der Waals surface area contributed by atoms with Crippen molar-refractivity contribution < 1.29 is 22.8 Å². The molecular weight excluding hydrogens is 423 g/mol. The van der Waals surface area contributed by atoms with Crippen LogP contribution in [0.5, 0.6) is 0 Å². The Labute approximate surface area is 182 Å². The Morgan fingerprint density at radius 1 is 1.16 bits per heavy atom. The van der Waals surface area contributed by atoms with Crippen molar-refractivity contribution >= 4 is 11.8 Å². The SMILES string of the molecule is CC(C)c1c(C(=O)NCCc2cccc(C(N)=O)c2)cnn1-c1ccc(C(F)(F)F)cn1. The third kappa shape index (κ3) is 5.13. The van der Waals surface area contributed by atoms with Crippen LogP contribution in [0.1, 0.15) is 57.3 Å². The van der Waals surface area contributed by atoms with Gasteiger partial charge in [0.2, 0.25) is 5.91 Å². The predicted octanol–water partition coefficient (Wildman–Crippen LogP) is 3.48. The molecule has 0 aliphatic rings. The number of aromatic nitrogens is 3. The van der Waals surface area contributed by atoms with Crippen molar-refractivity contribution in [2.45, 2.75) is 32.4 Å². The molecule has 2 aromatic heterocycles. The number of hydrogen-bond donors (Lipinski definition) is 2. The Balaban J connectivity index is 1.75. The molecule has 32 heavy (non-hydrogen) atoms. The van der Waals surface area contributed by atoms with Crippen molar-refractivity contribution in [1.82, 2.24) is 20.1 Å². The van der Waals surface area contributed by atoms with Gasteiger partial charge in [0, 0.05) is 18.3 Å². The normalized spacial score (nSPS) is 11.6. The lowest BCUT2D eigenvalue weighted by molar-refractivity contribution is -0.137. The molecule has 0 radical (unpaired) electrons. The largest absolute Gasteiger partial charge is 0.417 e. The Morgan fingerprint density at radius 3 is 2.50 bits per heavy atom. The zero-order chi connectivity index (χ0) is 23.5. The topological polar surface area (TPSA) is 103 Å². The van der Waals surface area contributed by atoms with E-state index in [4.69, 9.17) is 5.73 Å². The Morgan fingerprint density at radius 2 is 1.91 bits per heavy atom. The number of amides is 2. The highest BCUT2D eigenvalue weighted by Gasteiger charge is 2.31. The first-order valence-electron chi connectivity index (χ1n) is 9.86. The van der Waals surface area contributed by atoms with E-state index in [1.165, 1.54) is 16.9 Å². The molecule has 10 heteroatoms. The molecule has 0 saturated carbocycles. The van der Waals surface area contributed by atoms with Gasteiger partial charge in [-0.25, -0.2) is 9.67 Å². The van der Waals surface area contributed by atoms with Crippen LogP contribution in [-0.4, -0.2) is 33.1 Å². The summed E-state index contributed by atoms with van der Waals surface area (Å²) in [5.74, 6) is -0.849. The van der Waals surface area contributed by atoms with E-state index in [9.17, 15) is 22.8 Å². The Hall–Kier alpha value is -3.69. The number of nitrogens with two attached hydrogens (primary N) is 1. The summed E-state index contributed by atoms with van der Waals surface area (Å²) in [6.45, 7) is 4.01. The van der Waals surface area contributed by atoms with Crippen LogP contribution in [0.2, 0.25) is 0 Å². The molecule has 0 bridgehead atoms. The van der Waals surface area contributed by atoms with Crippen LogP contribution in [0.4, 0.5) is 13.2 Å². The molecule has 0 aliphatic heterocycles. The van der Waals surface area contributed by atoms with Gasteiger partial charge in [-0.15, -0.1) is 0 Å². The molecule has 0 atom stereocenters. The van der Waals surface area contributed by atoms with Crippen molar-refractivity contribution in [3.05, 3.63) is 76.7 Å². The average Bonchev–Trinajstić information content (AvgIpc) is 3.19. The third-order valence-electron chi connectivity index (χ3n) is 4.80.